The van der Waals surface area contributed by atoms with Crippen molar-refractivity contribution in [2.45, 2.75) is 25.7 Å². The first kappa shape index (κ1) is 18.1. The molecule has 4 nitrogen and oxygen atoms in total. The van der Waals surface area contributed by atoms with Gasteiger partial charge in [0.25, 0.3) is 0 Å². The summed E-state index contributed by atoms with van der Waals surface area (Å²) in [6.45, 7) is 0. The van der Waals surface area contributed by atoms with E-state index in [1.165, 1.54) is 55.7 Å². The minimum Gasteiger partial charge on any atom is -0.273 e. The van der Waals surface area contributed by atoms with Crippen molar-refractivity contribution in [3.05, 3.63) is 60.2 Å². The summed E-state index contributed by atoms with van der Waals surface area (Å²) >= 11 is 5.22. The molecule has 1 saturated carbocycles. The largest absolute Gasteiger partial charge is 0.273 e. The Hall–Kier alpha value is -2.67. The molecule has 0 unspecified atom stereocenters. The number of carbonyl (C=O) groups excluding carboxylic acids is 2. The van der Waals surface area contributed by atoms with Crippen LogP contribution in [0.2, 0.25) is 0 Å². The van der Waals surface area contributed by atoms with E-state index in [1.807, 2.05) is 0 Å². The molecule has 26 heavy (non-hydrogen) atoms. The number of benzene rings is 2. The average Bonchev–Trinajstić information content (AvgIpc) is 3.43. The number of thiocarbonyl (C=S) groups is 1. The van der Waals surface area contributed by atoms with E-state index in [-0.39, 0.29) is 16.5 Å². The van der Waals surface area contributed by atoms with Crippen molar-refractivity contribution < 1.29 is 18.4 Å². The predicted molar refractivity (Wildman–Crippen MR) is 98.8 cm³/mol. The van der Waals surface area contributed by atoms with E-state index in [0.29, 0.717) is 0 Å². The first-order valence-electron chi connectivity index (χ1n) is 8.18. The zero-order chi connectivity index (χ0) is 18.7. The van der Waals surface area contributed by atoms with Crippen molar-refractivity contribution in [3.63, 3.8) is 0 Å². The molecule has 0 atom stereocenters. The van der Waals surface area contributed by atoms with Gasteiger partial charge in [0, 0.05) is 0 Å². The molecule has 2 aliphatic rings. The number of carbonyl (C=O) groups is 2. The van der Waals surface area contributed by atoms with Crippen LogP contribution >= 0.6 is 12.2 Å². The highest BCUT2D eigenvalue weighted by atomic mass is 32.1. The summed E-state index contributed by atoms with van der Waals surface area (Å²) in [7, 11) is 0. The molecule has 1 heterocycles. The lowest BCUT2D eigenvalue weighted by Crippen LogP contribution is -2.55. The van der Waals surface area contributed by atoms with Crippen molar-refractivity contribution in [1.29, 1.82) is 0 Å². The Labute approximate surface area is 155 Å². The third kappa shape index (κ3) is 4.11. The molecule has 0 aromatic heterocycles. The topological polar surface area (TPSA) is 40.6 Å². The maximum atomic E-state index is 13.4. The van der Waals surface area contributed by atoms with Crippen LogP contribution in [0, 0.1) is 11.6 Å². The molecule has 0 spiro atoms. The third-order valence-electron chi connectivity index (χ3n) is 3.67. The van der Waals surface area contributed by atoms with Gasteiger partial charge in [0.05, 0.1) is 11.4 Å². The predicted octanol–water partition coefficient (Wildman–Crippen LogP) is 4.19. The lowest BCUT2D eigenvalue weighted by atomic mass is 10.2. The Kier molecular flexibility index (Phi) is 5.37. The van der Waals surface area contributed by atoms with Gasteiger partial charge in [0.2, 0.25) is 11.8 Å². The van der Waals surface area contributed by atoms with Crippen LogP contribution in [0.4, 0.5) is 20.2 Å². The number of rotatable bonds is 2. The normalized spacial score (nSPS) is 16.3. The van der Waals surface area contributed by atoms with Crippen LogP contribution in [0.1, 0.15) is 25.7 Å². The molecule has 4 rings (SSSR count). The average molecular weight is 374 g/mol. The van der Waals surface area contributed by atoms with Gasteiger partial charge in [-0.2, -0.15) is 0 Å². The number of nitrogens with zero attached hydrogens (tertiary/aromatic N) is 2. The highest BCUT2D eigenvalue weighted by Gasteiger charge is 2.37. The number of halogens is 2. The van der Waals surface area contributed by atoms with Crippen LogP contribution in [0.15, 0.2) is 48.5 Å². The lowest BCUT2D eigenvalue weighted by molar-refractivity contribution is -0.126. The van der Waals surface area contributed by atoms with Crippen LogP contribution in [0.25, 0.3) is 0 Å². The van der Waals surface area contributed by atoms with E-state index in [2.05, 4.69) is 0 Å². The Morgan fingerprint density at radius 2 is 1.19 bits per heavy atom. The molecule has 7 heteroatoms. The maximum absolute atomic E-state index is 13.4. The van der Waals surface area contributed by atoms with Crippen molar-refractivity contribution in [2.24, 2.45) is 0 Å². The van der Waals surface area contributed by atoms with Gasteiger partial charge < -0.3 is 0 Å². The Morgan fingerprint density at radius 3 is 1.54 bits per heavy atom. The van der Waals surface area contributed by atoms with Gasteiger partial charge in [-0.3, -0.25) is 19.4 Å². The van der Waals surface area contributed by atoms with Crippen molar-refractivity contribution in [3.8, 4) is 0 Å². The summed E-state index contributed by atoms with van der Waals surface area (Å²) in [5.41, 5.74) is 0.433. The van der Waals surface area contributed by atoms with Crippen LogP contribution < -0.4 is 9.80 Å². The van der Waals surface area contributed by atoms with Crippen LogP contribution in [0.3, 0.4) is 0 Å². The third-order valence-corrected chi connectivity index (χ3v) is 4.04. The fourth-order valence-corrected chi connectivity index (χ4v) is 2.75. The summed E-state index contributed by atoms with van der Waals surface area (Å²) in [4.78, 5) is 26.5. The van der Waals surface area contributed by atoms with E-state index in [1.54, 1.807) is 0 Å². The fourth-order valence-electron chi connectivity index (χ4n) is 2.34. The smallest absolute Gasteiger partial charge is 0.242 e. The van der Waals surface area contributed by atoms with Crippen molar-refractivity contribution in [1.82, 2.24) is 0 Å². The number of anilines is 2. The Morgan fingerprint density at radius 1 is 0.769 bits per heavy atom. The maximum Gasteiger partial charge on any atom is 0.242 e. The molecular weight excluding hydrogens is 358 g/mol. The number of hydrogen-bond acceptors (Lipinski definition) is 3. The second kappa shape index (κ2) is 7.70. The summed E-state index contributed by atoms with van der Waals surface area (Å²) in [6, 6.07) is 10.6. The molecule has 134 valence electrons. The molecule has 0 radical (unpaired) electrons. The van der Waals surface area contributed by atoms with Crippen molar-refractivity contribution >= 4 is 40.5 Å². The van der Waals surface area contributed by atoms with E-state index < -0.39 is 29.9 Å². The first-order valence-corrected chi connectivity index (χ1v) is 8.59. The lowest BCUT2D eigenvalue weighted by Gasteiger charge is -2.35. The van der Waals surface area contributed by atoms with Gasteiger partial charge in [-0.25, -0.2) is 8.78 Å². The fraction of sp³-hybridized carbons (Fsp3) is 0.211. The van der Waals surface area contributed by atoms with Gasteiger partial charge in [-0.1, -0.05) is 31.4 Å². The molecule has 1 aliphatic carbocycles. The van der Waals surface area contributed by atoms with Crippen LogP contribution in [-0.2, 0) is 9.59 Å². The molecule has 0 N–H and O–H groups in total. The second-order valence-electron chi connectivity index (χ2n) is 5.94. The summed E-state index contributed by atoms with van der Waals surface area (Å²) < 4.78 is 26.8. The van der Waals surface area contributed by atoms with E-state index >= 15 is 0 Å². The SMILES string of the molecule is C1CC1.O=C1CC(=O)N(c2cccc(F)c2)C(=S)N1c1cccc(F)c1. The zero-order valence-electron chi connectivity index (χ0n) is 13.8. The van der Waals surface area contributed by atoms with Gasteiger partial charge in [-0.15, -0.1) is 0 Å². The molecular formula is C19H16F2N2O2S. The number of hydrogen-bond donors (Lipinski definition) is 0. The van der Waals surface area contributed by atoms with Crippen LogP contribution in [0.5, 0.6) is 0 Å². The van der Waals surface area contributed by atoms with Gasteiger partial charge in [0.15, 0.2) is 5.11 Å². The highest BCUT2D eigenvalue weighted by molar-refractivity contribution is 7.81. The Balaban J connectivity index is 0.000000592. The second-order valence-corrected chi connectivity index (χ2v) is 6.30. The first-order chi connectivity index (χ1) is 12.5. The van der Waals surface area contributed by atoms with E-state index in [4.69, 9.17) is 12.2 Å². The minimum absolute atomic E-state index is 0.137. The van der Waals surface area contributed by atoms with E-state index in [0.717, 1.165) is 21.9 Å². The number of amides is 2. The zero-order valence-corrected chi connectivity index (χ0v) is 14.6. The van der Waals surface area contributed by atoms with Gasteiger partial charge in [0.1, 0.15) is 18.1 Å². The minimum atomic E-state index is -0.557. The quantitative estimate of drug-likeness (QED) is 0.585. The summed E-state index contributed by atoms with van der Waals surface area (Å²) in [5, 5.41) is -0.137. The molecule has 0 bridgehead atoms. The van der Waals surface area contributed by atoms with Crippen LogP contribution in [-0.4, -0.2) is 16.9 Å². The Bertz CT molecular complexity index is 802. The molecule has 2 amide bonds. The summed E-state index contributed by atoms with van der Waals surface area (Å²) in [5.74, 6) is -2.18. The monoisotopic (exact) mass is 374 g/mol. The van der Waals surface area contributed by atoms with Crippen molar-refractivity contribution in [2.75, 3.05) is 9.80 Å². The molecule has 2 aromatic rings. The molecule has 1 saturated heterocycles. The van der Waals surface area contributed by atoms with Gasteiger partial charge in [-0.05, 0) is 48.6 Å². The molecule has 2 fully saturated rings. The molecule has 1 aliphatic heterocycles. The summed E-state index contributed by atoms with van der Waals surface area (Å²) in [6.07, 6.45) is 4.06. The van der Waals surface area contributed by atoms with Gasteiger partial charge >= 0.3 is 0 Å². The highest BCUT2D eigenvalue weighted by Crippen LogP contribution is 2.27. The standard InChI is InChI=1S/C16H10F2N2O2S.C3H6/c17-10-3-1-5-12(7-10)19-14(21)9-15(22)20(16(19)23)13-6-2-4-11(18)8-13;1-2-3-1/h1-8H,9H2;1-3H2. The molecule has 2 aromatic carbocycles. The van der Waals surface area contributed by atoms with E-state index in [9.17, 15) is 18.4 Å².